The zero-order valence-electron chi connectivity index (χ0n) is 10.2. The molecule has 2 unspecified atom stereocenters. The average molecular weight is 202 g/mol. The van der Waals surface area contributed by atoms with Gasteiger partial charge in [-0.15, -0.1) is 0 Å². The van der Waals surface area contributed by atoms with Crippen LogP contribution < -0.4 is 0 Å². The molecule has 0 aromatic carbocycles. The number of unbranched alkanes of at least 4 members (excludes halogenated alkanes) is 1. The molecule has 0 saturated carbocycles. The van der Waals surface area contributed by atoms with Crippen molar-refractivity contribution >= 4 is 0 Å². The summed E-state index contributed by atoms with van der Waals surface area (Å²) >= 11 is 0. The Balaban J connectivity index is 3.06. The van der Waals surface area contributed by atoms with Crippen LogP contribution in [0, 0.1) is 0 Å². The van der Waals surface area contributed by atoms with E-state index in [1.165, 1.54) is 0 Å². The minimum absolute atomic E-state index is 0.408. The van der Waals surface area contributed by atoms with Crippen molar-refractivity contribution in [3.63, 3.8) is 0 Å². The van der Waals surface area contributed by atoms with Gasteiger partial charge in [-0.1, -0.05) is 13.8 Å². The van der Waals surface area contributed by atoms with Gasteiger partial charge in [0.1, 0.15) is 0 Å². The molecule has 0 fully saturated rings. The molecule has 0 aliphatic carbocycles. The first-order valence-corrected chi connectivity index (χ1v) is 5.93. The lowest BCUT2D eigenvalue weighted by Gasteiger charge is -2.12. The Kier molecular flexibility index (Phi) is 9.42. The van der Waals surface area contributed by atoms with Crippen molar-refractivity contribution in [1.82, 2.24) is 0 Å². The molecule has 0 N–H and O–H groups in total. The van der Waals surface area contributed by atoms with E-state index in [4.69, 9.17) is 9.47 Å². The summed E-state index contributed by atoms with van der Waals surface area (Å²) in [5.74, 6) is 0. The molecule has 14 heavy (non-hydrogen) atoms. The first kappa shape index (κ1) is 13.9. The largest absolute Gasteiger partial charge is 0.379 e. The summed E-state index contributed by atoms with van der Waals surface area (Å²) in [6.07, 6.45) is 5.24. The summed E-state index contributed by atoms with van der Waals surface area (Å²) in [6.45, 7) is 10.3. The van der Waals surface area contributed by atoms with Gasteiger partial charge in [0.15, 0.2) is 0 Å². The normalized spacial score (nSPS) is 15.4. The first-order valence-electron chi connectivity index (χ1n) is 5.93. The van der Waals surface area contributed by atoms with Gasteiger partial charge in [-0.2, -0.15) is 0 Å². The van der Waals surface area contributed by atoms with Crippen LogP contribution in [0.25, 0.3) is 0 Å². The van der Waals surface area contributed by atoms with Gasteiger partial charge in [0.25, 0.3) is 0 Å². The maximum absolute atomic E-state index is 5.57. The fourth-order valence-electron chi connectivity index (χ4n) is 1.01. The van der Waals surface area contributed by atoms with Gasteiger partial charge in [0, 0.05) is 13.2 Å². The van der Waals surface area contributed by atoms with E-state index in [9.17, 15) is 0 Å². The van der Waals surface area contributed by atoms with Gasteiger partial charge in [0.2, 0.25) is 0 Å². The third-order valence-electron chi connectivity index (χ3n) is 2.49. The maximum Gasteiger partial charge on any atom is 0.0544 e. The molecule has 0 aromatic heterocycles. The third kappa shape index (κ3) is 8.52. The Bertz CT molecular complexity index is 101. The van der Waals surface area contributed by atoms with Crippen LogP contribution in [0.2, 0.25) is 0 Å². The van der Waals surface area contributed by atoms with Crippen LogP contribution in [0.3, 0.4) is 0 Å². The van der Waals surface area contributed by atoms with Gasteiger partial charge in [-0.3, -0.25) is 0 Å². The topological polar surface area (TPSA) is 18.5 Å². The molecule has 2 atom stereocenters. The van der Waals surface area contributed by atoms with Crippen molar-refractivity contribution in [2.24, 2.45) is 0 Å². The lowest BCUT2D eigenvalue weighted by Crippen LogP contribution is -2.10. The van der Waals surface area contributed by atoms with Gasteiger partial charge < -0.3 is 9.47 Å². The molecule has 0 aliphatic rings. The lowest BCUT2D eigenvalue weighted by atomic mass is 10.3. The monoisotopic (exact) mass is 202 g/mol. The van der Waals surface area contributed by atoms with E-state index in [2.05, 4.69) is 27.7 Å². The molecule has 0 aliphatic heterocycles. The Morgan fingerprint density at radius 2 is 1.14 bits per heavy atom. The summed E-state index contributed by atoms with van der Waals surface area (Å²) in [6, 6.07) is 0. The second kappa shape index (κ2) is 9.47. The Hall–Kier alpha value is -0.0800. The highest BCUT2D eigenvalue weighted by Gasteiger charge is 1.99. The fourth-order valence-corrected chi connectivity index (χ4v) is 1.01. The molecule has 2 nitrogen and oxygen atoms in total. The van der Waals surface area contributed by atoms with E-state index >= 15 is 0 Å². The number of hydrogen-bond acceptors (Lipinski definition) is 2. The van der Waals surface area contributed by atoms with Crippen LogP contribution in [0.15, 0.2) is 0 Å². The standard InChI is InChI=1S/C12H26O2/c1-5-11(3)13-9-7-8-10-14-12(4)6-2/h11-12H,5-10H2,1-4H3. The van der Waals surface area contributed by atoms with E-state index in [0.29, 0.717) is 12.2 Å². The smallest absolute Gasteiger partial charge is 0.0544 e. The van der Waals surface area contributed by atoms with E-state index in [1.54, 1.807) is 0 Å². The molecule has 86 valence electrons. The molecule has 2 heteroatoms. The highest BCUT2D eigenvalue weighted by atomic mass is 16.5. The van der Waals surface area contributed by atoms with Crippen LogP contribution in [0.4, 0.5) is 0 Å². The molecule has 0 bridgehead atoms. The summed E-state index contributed by atoms with van der Waals surface area (Å²) < 4.78 is 11.1. The Labute approximate surface area is 89.0 Å². The molecule has 0 heterocycles. The van der Waals surface area contributed by atoms with E-state index in [1.807, 2.05) is 0 Å². The van der Waals surface area contributed by atoms with Crippen LogP contribution >= 0.6 is 0 Å². The molecular formula is C12H26O2. The summed E-state index contributed by atoms with van der Waals surface area (Å²) in [7, 11) is 0. The molecule has 0 aromatic rings. The van der Waals surface area contributed by atoms with E-state index in [-0.39, 0.29) is 0 Å². The summed E-state index contributed by atoms with van der Waals surface area (Å²) in [5.41, 5.74) is 0. The van der Waals surface area contributed by atoms with Crippen molar-refractivity contribution in [3.05, 3.63) is 0 Å². The predicted octanol–water partition coefficient (Wildman–Crippen LogP) is 3.40. The highest BCUT2D eigenvalue weighted by Crippen LogP contribution is 2.01. The number of hydrogen-bond donors (Lipinski definition) is 0. The number of ether oxygens (including phenoxy) is 2. The van der Waals surface area contributed by atoms with E-state index in [0.717, 1.165) is 38.9 Å². The lowest BCUT2D eigenvalue weighted by molar-refractivity contribution is 0.0387. The predicted molar refractivity (Wildman–Crippen MR) is 60.6 cm³/mol. The van der Waals surface area contributed by atoms with Gasteiger partial charge >= 0.3 is 0 Å². The van der Waals surface area contributed by atoms with Crippen LogP contribution in [-0.4, -0.2) is 25.4 Å². The van der Waals surface area contributed by atoms with Crippen LogP contribution in [-0.2, 0) is 9.47 Å². The van der Waals surface area contributed by atoms with Crippen LogP contribution in [0.5, 0.6) is 0 Å². The second-order valence-electron chi connectivity index (χ2n) is 3.89. The average Bonchev–Trinajstić information content (AvgIpc) is 2.22. The second-order valence-corrected chi connectivity index (χ2v) is 3.89. The zero-order chi connectivity index (χ0) is 10.8. The molecule has 0 rings (SSSR count). The van der Waals surface area contributed by atoms with Gasteiger partial charge in [0.05, 0.1) is 12.2 Å². The first-order chi connectivity index (χ1) is 6.70. The van der Waals surface area contributed by atoms with Crippen molar-refractivity contribution in [2.45, 2.75) is 65.6 Å². The minimum atomic E-state index is 0.408. The van der Waals surface area contributed by atoms with Crippen molar-refractivity contribution in [3.8, 4) is 0 Å². The molecular weight excluding hydrogens is 176 g/mol. The van der Waals surface area contributed by atoms with Gasteiger partial charge in [-0.05, 0) is 39.5 Å². The third-order valence-corrected chi connectivity index (χ3v) is 2.49. The molecule has 0 spiro atoms. The fraction of sp³-hybridized carbons (Fsp3) is 1.00. The van der Waals surface area contributed by atoms with Crippen molar-refractivity contribution in [1.29, 1.82) is 0 Å². The molecule has 0 amide bonds. The quantitative estimate of drug-likeness (QED) is 0.533. The van der Waals surface area contributed by atoms with Crippen molar-refractivity contribution in [2.75, 3.05) is 13.2 Å². The van der Waals surface area contributed by atoms with Crippen molar-refractivity contribution < 1.29 is 9.47 Å². The summed E-state index contributed by atoms with van der Waals surface area (Å²) in [5, 5.41) is 0. The summed E-state index contributed by atoms with van der Waals surface area (Å²) in [4.78, 5) is 0. The SMILES string of the molecule is CCC(C)OCCCCOC(C)CC. The number of rotatable bonds is 9. The Morgan fingerprint density at radius 1 is 0.786 bits per heavy atom. The van der Waals surface area contributed by atoms with Crippen LogP contribution in [0.1, 0.15) is 53.4 Å². The maximum atomic E-state index is 5.57. The Morgan fingerprint density at radius 3 is 1.43 bits per heavy atom. The van der Waals surface area contributed by atoms with Gasteiger partial charge in [-0.25, -0.2) is 0 Å². The zero-order valence-corrected chi connectivity index (χ0v) is 10.2. The minimum Gasteiger partial charge on any atom is -0.379 e. The van der Waals surface area contributed by atoms with E-state index < -0.39 is 0 Å². The molecule has 0 radical (unpaired) electrons. The molecule has 0 saturated heterocycles. The highest BCUT2D eigenvalue weighted by molar-refractivity contribution is 4.47.